The second-order valence-corrected chi connectivity index (χ2v) is 4.34. The van der Waals surface area contributed by atoms with E-state index in [9.17, 15) is 0 Å². The number of anilines is 1. The van der Waals surface area contributed by atoms with E-state index in [4.69, 9.17) is 4.74 Å². The van der Waals surface area contributed by atoms with Crippen LogP contribution in [0.15, 0.2) is 24.3 Å². The zero-order chi connectivity index (χ0) is 9.47. The van der Waals surface area contributed by atoms with Crippen LogP contribution in [0.4, 0.5) is 5.69 Å². The Morgan fingerprint density at radius 1 is 1.23 bits per heavy atom. The molecule has 1 aliphatic heterocycles. The minimum atomic E-state index is 0.132. The van der Waals surface area contributed by atoms with Crippen molar-refractivity contribution in [1.82, 2.24) is 0 Å². The van der Waals surface area contributed by atoms with Crippen LogP contribution in [0.1, 0.15) is 20.8 Å². The van der Waals surface area contributed by atoms with Gasteiger partial charge in [-0.3, -0.25) is 0 Å². The van der Waals surface area contributed by atoms with E-state index in [0.717, 1.165) is 5.75 Å². The minimum absolute atomic E-state index is 0.132. The molecule has 0 amide bonds. The molecule has 0 N–H and O–H groups in total. The molecule has 0 spiro atoms. The number of nitrogens with zero attached hydrogens (tertiary/aromatic N) is 1. The first kappa shape index (κ1) is 8.42. The van der Waals surface area contributed by atoms with Gasteiger partial charge in [0.15, 0.2) is 6.73 Å². The van der Waals surface area contributed by atoms with Gasteiger partial charge in [0.05, 0.1) is 5.69 Å². The monoisotopic (exact) mass is 177 g/mol. The molecule has 1 aliphatic rings. The van der Waals surface area contributed by atoms with Gasteiger partial charge in [0, 0.05) is 5.54 Å². The summed E-state index contributed by atoms with van der Waals surface area (Å²) in [6, 6.07) is 8.17. The zero-order valence-corrected chi connectivity index (χ0v) is 8.37. The summed E-state index contributed by atoms with van der Waals surface area (Å²) in [7, 11) is 0. The topological polar surface area (TPSA) is 12.5 Å². The van der Waals surface area contributed by atoms with Crippen molar-refractivity contribution in [2.75, 3.05) is 11.6 Å². The molecule has 1 aromatic carbocycles. The third-order valence-electron chi connectivity index (χ3n) is 2.31. The molecule has 2 rings (SSSR count). The molecule has 0 saturated heterocycles. The Balaban J connectivity index is 2.39. The molecule has 13 heavy (non-hydrogen) atoms. The highest BCUT2D eigenvalue weighted by molar-refractivity contribution is 5.62. The minimum Gasteiger partial charge on any atom is -0.471 e. The van der Waals surface area contributed by atoms with Crippen molar-refractivity contribution < 1.29 is 4.74 Å². The third-order valence-corrected chi connectivity index (χ3v) is 2.31. The molecule has 0 aliphatic carbocycles. The van der Waals surface area contributed by atoms with E-state index >= 15 is 0 Å². The van der Waals surface area contributed by atoms with Crippen LogP contribution in [0.25, 0.3) is 0 Å². The van der Waals surface area contributed by atoms with Crippen LogP contribution in [0.3, 0.4) is 0 Å². The summed E-state index contributed by atoms with van der Waals surface area (Å²) in [5.41, 5.74) is 1.34. The third kappa shape index (κ3) is 1.37. The lowest BCUT2D eigenvalue weighted by molar-refractivity contribution is 0.316. The van der Waals surface area contributed by atoms with E-state index in [-0.39, 0.29) is 5.54 Å². The van der Waals surface area contributed by atoms with E-state index in [1.165, 1.54) is 5.69 Å². The Kier molecular flexibility index (Phi) is 1.72. The standard InChI is InChI=1S/C11H15NO/c1-11(2,3)12-8-13-10-7-5-4-6-9(10)12/h4-7H,8H2,1-3H3. The lowest BCUT2D eigenvalue weighted by Crippen LogP contribution is -2.40. The summed E-state index contributed by atoms with van der Waals surface area (Å²) < 4.78 is 5.56. The van der Waals surface area contributed by atoms with E-state index in [1.54, 1.807) is 0 Å². The van der Waals surface area contributed by atoms with Crippen LogP contribution >= 0.6 is 0 Å². The number of hydrogen-bond acceptors (Lipinski definition) is 2. The number of para-hydroxylation sites is 2. The highest BCUT2D eigenvalue weighted by Crippen LogP contribution is 2.37. The van der Waals surface area contributed by atoms with Gasteiger partial charge in [0.1, 0.15) is 5.75 Å². The van der Waals surface area contributed by atoms with Gasteiger partial charge >= 0.3 is 0 Å². The summed E-state index contributed by atoms with van der Waals surface area (Å²) in [5, 5.41) is 0. The Morgan fingerprint density at radius 3 is 2.62 bits per heavy atom. The summed E-state index contributed by atoms with van der Waals surface area (Å²) in [4.78, 5) is 2.27. The average Bonchev–Trinajstić information content (AvgIpc) is 2.45. The molecule has 2 heteroatoms. The fraction of sp³-hybridized carbons (Fsp3) is 0.455. The second kappa shape index (κ2) is 2.66. The van der Waals surface area contributed by atoms with E-state index in [2.05, 4.69) is 31.7 Å². The summed E-state index contributed by atoms with van der Waals surface area (Å²) in [6.07, 6.45) is 0. The van der Waals surface area contributed by atoms with Crippen molar-refractivity contribution in [1.29, 1.82) is 0 Å². The number of rotatable bonds is 0. The molecule has 0 atom stereocenters. The molecule has 0 aromatic heterocycles. The Morgan fingerprint density at radius 2 is 1.92 bits per heavy atom. The number of benzene rings is 1. The summed E-state index contributed by atoms with van der Waals surface area (Å²) in [5.74, 6) is 0.998. The van der Waals surface area contributed by atoms with Crippen molar-refractivity contribution in [3.63, 3.8) is 0 Å². The molecule has 0 radical (unpaired) electrons. The van der Waals surface area contributed by atoms with Crippen LogP contribution in [0.2, 0.25) is 0 Å². The number of hydrogen-bond donors (Lipinski definition) is 0. The van der Waals surface area contributed by atoms with Gasteiger partial charge in [-0.05, 0) is 32.9 Å². The maximum absolute atomic E-state index is 5.56. The van der Waals surface area contributed by atoms with E-state index in [0.29, 0.717) is 6.73 Å². The van der Waals surface area contributed by atoms with E-state index < -0.39 is 0 Å². The van der Waals surface area contributed by atoms with Crippen molar-refractivity contribution >= 4 is 5.69 Å². The van der Waals surface area contributed by atoms with Crippen molar-refractivity contribution in [2.45, 2.75) is 26.3 Å². The maximum Gasteiger partial charge on any atom is 0.162 e. The lowest BCUT2D eigenvalue weighted by atomic mass is 10.1. The first-order valence-corrected chi connectivity index (χ1v) is 4.58. The van der Waals surface area contributed by atoms with Crippen LogP contribution in [0, 0.1) is 0 Å². The van der Waals surface area contributed by atoms with Gasteiger partial charge in [-0.15, -0.1) is 0 Å². The molecule has 1 aromatic rings. The van der Waals surface area contributed by atoms with Gasteiger partial charge in [-0.2, -0.15) is 0 Å². The molecule has 2 nitrogen and oxygen atoms in total. The van der Waals surface area contributed by atoms with Crippen LogP contribution < -0.4 is 9.64 Å². The van der Waals surface area contributed by atoms with Crippen molar-refractivity contribution in [3.05, 3.63) is 24.3 Å². The highest BCUT2D eigenvalue weighted by atomic mass is 16.5. The quantitative estimate of drug-likeness (QED) is 0.604. The SMILES string of the molecule is CC(C)(C)N1COc2ccccc21. The predicted octanol–water partition coefficient (Wildman–Crippen LogP) is 2.64. The molecule has 0 bridgehead atoms. The second-order valence-electron chi connectivity index (χ2n) is 4.34. The van der Waals surface area contributed by atoms with Gasteiger partial charge < -0.3 is 9.64 Å². The summed E-state index contributed by atoms with van der Waals surface area (Å²) >= 11 is 0. The van der Waals surface area contributed by atoms with E-state index in [1.807, 2.05) is 18.2 Å². The summed E-state index contributed by atoms with van der Waals surface area (Å²) in [6.45, 7) is 7.25. The van der Waals surface area contributed by atoms with Crippen molar-refractivity contribution in [2.24, 2.45) is 0 Å². The normalized spacial score (nSPS) is 15.5. The van der Waals surface area contributed by atoms with Gasteiger partial charge in [-0.25, -0.2) is 0 Å². The fourth-order valence-corrected chi connectivity index (χ4v) is 1.56. The Bertz CT molecular complexity index is 314. The number of fused-ring (bicyclic) bond motifs is 1. The van der Waals surface area contributed by atoms with Gasteiger partial charge in [0.25, 0.3) is 0 Å². The largest absolute Gasteiger partial charge is 0.471 e. The molecule has 70 valence electrons. The molecular formula is C11H15NO. The number of ether oxygens (including phenoxy) is 1. The highest BCUT2D eigenvalue weighted by Gasteiger charge is 2.28. The zero-order valence-electron chi connectivity index (χ0n) is 8.37. The van der Waals surface area contributed by atoms with Gasteiger partial charge in [0.2, 0.25) is 0 Å². The average molecular weight is 177 g/mol. The molecule has 1 heterocycles. The Labute approximate surface area is 79.1 Å². The molecule has 0 fully saturated rings. The smallest absolute Gasteiger partial charge is 0.162 e. The maximum atomic E-state index is 5.56. The first-order valence-electron chi connectivity index (χ1n) is 4.58. The lowest BCUT2D eigenvalue weighted by Gasteiger charge is -2.32. The molecule has 0 saturated carbocycles. The van der Waals surface area contributed by atoms with Crippen LogP contribution in [-0.2, 0) is 0 Å². The predicted molar refractivity (Wildman–Crippen MR) is 54.2 cm³/mol. The Hall–Kier alpha value is -1.18. The fourth-order valence-electron chi connectivity index (χ4n) is 1.56. The van der Waals surface area contributed by atoms with Crippen molar-refractivity contribution in [3.8, 4) is 5.75 Å². The first-order chi connectivity index (χ1) is 6.09. The molecule has 0 unspecified atom stereocenters. The van der Waals surface area contributed by atoms with Crippen LogP contribution in [-0.4, -0.2) is 12.3 Å². The van der Waals surface area contributed by atoms with Gasteiger partial charge in [-0.1, -0.05) is 12.1 Å². The molecular weight excluding hydrogens is 162 g/mol. The van der Waals surface area contributed by atoms with Crippen LogP contribution in [0.5, 0.6) is 5.75 Å².